The Hall–Kier alpha value is -1.62. The van der Waals surface area contributed by atoms with Gasteiger partial charge in [-0.3, -0.25) is 9.36 Å². The number of hydrogen-bond acceptors (Lipinski definition) is 3. The van der Waals surface area contributed by atoms with Gasteiger partial charge in [0.1, 0.15) is 0 Å². The molecule has 0 unspecified atom stereocenters. The van der Waals surface area contributed by atoms with E-state index >= 15 is 0 Å². The summed E-state index contributed by atoms with van der Waals surface area (Å²) < 4.78 is 4.12. The van der Waals surface area contributed by atoms with Crippen LogP contribution < -0.4 is 5.32 Å². The average molecular weight is 289 g/mol. The summed E-state index contributed by atoms with van der Waals surface area (Å²) in [6.07, 6.45) is 6.04. The van der Waals surface area contributed by atoms with E-state index in [1.54, 1.807) is 0 Å². The molecule has 0 radical (unpaired) electrons. The van der Waals surface area contributed by atoms with Crippen molar-refractivity contribution in [3.8, 4) is 0 Å². The molecule has 1 N–H and O–H groups in total. The molecule has 0 saturated heterocycles. The van der Waals surface area contributed by atoms with E-state index in [2.05, 4.69) is 49.0 Å². The second-order valence-electron chi connectivity index (χ2n) is 5.22. The van der Waals surface area contributed by atoms with E-state index in [0.29, 0.717) is 0 Å². The van der Waals surface area contributed by atoms with E-state index in [1.165, 1.54) is 22.5 Å². The molecular formula is C16H27N5. The SMILES string of the molecule is CCNCc1c(CC)nn(Cc2cnn(CC)c2)c1CC. The standard InChI is InChI=1S/C16H27N5/c1-5-15-14(10-17-7-3)16(6-2)21(19-15)12-13-9-18-20(8-4)11-13/h9,11,17H,5-8,10,12H2,1-4H3. The maximum absolute atomic E-state index is 4.82. The van der Waals surface area contributed by atoms with E-state index in [1.807, 2.05) is 10.9 Å². The van der Waals surface area contributed by atoms with Crippen LogP contribution >= 0.6 is 0 Å². The number of nitrogens with zero attached hydrogens (tertiary/aromatic N) is 4. The molecule has 21 heavy (non-hydrogen) atoms. The first-order valence-corrected chi connectivity index (χ1v) is 8.02. The predicted molar refractivity (Wildman–Crippen MR) is 85.4 cm³/mol. The molecule has 5 heteroatoms. The van der Waals surface area contributed by atoms with E-state index in [4.69, 9.17) is 5.10 Å². The monoisotopic (exact) mass is 289 g/mol. The molecule has 2 aromatic heterocycles. The van der Waals surface area contributed by atoms with Gasteiger partial charge in [0.05, 0.1) is 18.4 Å². The number of nitrogens with one attached hydrogen (secondary N) is 1. The van der Waals surface area contributed by atoms with Crippen LogP contribution in [0, 0.1) is 0 Å². The molecule has 116 valence electrons. The summed E-state index contributed by atoms with van der Waals surface area (Å²) in [6, 6.07) is 0. The van der Waals surface area contributed by atoms with Crippen LogP contribution in [0.4, 0.5) is 0 Å². The second kappa shape index (κ2) is 7.41. The lowest BCUT2D eigenvalue weighted by molar-refractivity contribution is 0.632. The number of hydrogen-bond donors (Lipinski definition) is 1. The smallest absolute Gasteiger partial charge is 0.0693 e. The molecule has 0 spiro atoms. The van der Waals surface area contributed by atoms with Gasteiger partial charge in [-0.2, -0.15) is 10.2 Å². The van der Waals surface area contributed by atoms with Gasteiger partial charge < -0.3 is 5.32 Å². The van der Waals surface area contributed by atoms with Crippen LogP contribution in [0.25, 0.3) is 0 Å². The van der Waals surface area contributed by atoms with Crippen molar-refractivity contribution >= 4 is 0 Å². The lowest BCUT2D eigenvalue weighted by Gasteiger charge is -2.07. The zero-order chi connectivity index (χ0) is 15.2. The van der Waals surface area contributed by atoms with E-state index in [0.717, 1.165) is 39.0 Å². The highest BCUT2D eigenvalue weighted by Gasteiger charge is 2.15. The van der Waals surface area contributed by atoms with Gasteiger partial charge in [0, 0.05) is 36.1 Å². The van der Waals surface area contributed by atoms with Crippen LogP contribution in [-0.4, -0.2) is 26.1 Å². The van der Waals surface area contributed by atoms with Crippen molar-refractivity contribution in [1.82, 2.24) is 24.9 Å². The van der Waals surface area contributed by atoms with Crippen LogP contribution in [0.2, 0.25) is 0 Å². The minimum atomic E-state index is 0.808. The molecule has 0 amide bonds. The third-order valence-electron chi connectivity index (χ3n) is 3.81. The van der Waals surface area contributed by atoms with Crippen molar-refractivity contribution in [2.75, 3.05) is 6.54 Å². The molecule has 2 heterocycles. The van der Waals surface area contributed by atoms with Gasteiger partial charge in [0.15, 0.2) is 0 Å². The van der Waals surface area contributed by atoms with Gasteiger partial charge in [-0.05, 0) is 26.3 Å². The zero-order valence-electron chi connectivity index (χ0n) is 13.7. The summed E-state index contributed by atoms with van der Waals surface area (Å²) in [5.74, 6) is 0. The zero-order valence-corrected chi connectivity index (χ0v) is 13.7. The Labute approximate surface area is 127 Å². The van der Waals surface area contributed by atoms with Crippen molar-refractivity contribution in [3.63, 3.8) is 0 Å². The Morgan fingerprint density at radius 1 is 1.14 bits per heavy atom. The summed E-state index contributed by atoms with van der Waals surface area (Å²) >= 11 is 0. The molecule has 0 fully saturated rings. The molecule has 2 aromatic rings. The first-order chi connectivity index (χ1) is 10.2. The third-order valence-corrected chi connectivity index (χ3v) is 3.81. The Kier molecular flexibility index (Phi) is 5.56. The minimum absolute atomic E-state index is 0.808. The Balaban J connectivity index is 2.27. The molecule has 2 rings (SSSR count). The van der Waals surface area contributed by atoms with Crippen LogP contribution in [0.5, 0.6) is 0 Å². The summed E-state index contributed by atoms with van der Waals surface area (Å²) in [7, 11) is 0. The molecule has 0 atom stereocenters. The Morgan fingerprint density at radius 2 is 1.95 bits per heavy atom. The Morgan fingerprint density at radius 3 is 2.52 bits per heavy atom. The molecule has 5 nitrogen and oxygen atoms in total. The number of rotatable bonds is 8. The highest BCUT2D eigenvalue weighted by Crippen LogP contribution is 2.17. The van der Waals surface area contributed by atoms with E-state index < -0.39 is 0 Å². The highest BCUT2D eigenvalue weighted by molar-refractivity contribution is 5.27. The van der Waals surface area contributed by atoms with Crippen molar-refractivity contribution in [1.29, 1.82) is 0 Å². The predicted octanol–water partition coefficient (Wildman–Crippen LogP) is 2.38. The van der Waals surface area contributed by atoms with Crippen molar-refractivity contribution in [2.24, 2.45) is 0 Å². The first kappa shape index (κ1) is 15.8. The van der Waals surface area contributed by atoms with E-state index in [9.17, 15) is 0 Å². The Bertz CT molecular complexity index is 567. The molecule has 0 aliphatic carbocycles. The lowest BCUT2D eigenvalue weighted by Crippen LogP contribution is -2.14. The van der Waals surface area contributed by atoms with E-state index in [-0.39, 0.29) is 0 Å². The quantitative estimate of drug-likeness (QED) is 0.811. The topological polar surface area (TPSA) is 47.7 Å². The maximum Gasteiger partial charge on any atom is 0.0693 e. The number of aryl methyl sites for hydroxylation is 2. The highest BCUT2D eigenvalue weighted by atomic mass is 15.3. The molecule has 0 bridgehead atoms. The summed E-state index contributed by atoms with van der Waals surface area (Å²) in [5, 5.41) is 12.6. The van der Waals surface area contributed by atoms with Gasteiger partial charge in [-0.15, -0.1) is 0 Å². The molecular weight excluding hydrogens is 262 g/mol. The van der Waals surface area contributed by atoms with Crippen molar-refractivity contribution in [3.05, 3.63) is 34.9 Å². The summed E-state index contributed by atoms with van der Waals surface area (Å²) in [6.45, 7) is 12.2. The minimum Gasteiger partial charge on any atom is -0.313 e. The van der Waals surface area contributed by atoms with Gasteiger partial charge >= 0.3 is 0 Å². The van der Waals surface area contributed by atoms with Crippen molar-refractivity contribution in [2.45, 2.75) is 60.2 Å². The van der Waals surface area contributed by atoms with Crippen LogP contribution in [0.3, 0.4) is 0 Å². The van der Waals surface area contributed by atoms with Gasteiger partial charge in [0.25, 0.3) is 0 Å². The number of aromatic nitrogens is 4. The third kappa shape index (κ3) is 3.53. The molecule has 0 aromatic carbocycles. The average Bonchev–Trinajstić information content (AvgIpc) is 3.09. The first-order valence-electron chi connectivity index (χ1n) is 8.02. The fraction of sp³-hybridized carbons (Fsp3) is 0.625. The summed E-state index contributed by atoms with van der Waals surface area (Å²) in [4.78, 5) is 0. The lowest BCUT2D eigenvalue weighted by atomic mass is 10.1. The molecule has 0 aliphatic rings. The summed E-state index contributed by atoms with van der Waals surface area (Å²) in [5.41, 5.74) is 5.16. The van der Waals surface area contributed by atoms with Gasteiger partial charge in [-0.25, -0.2) is 0 Å². The van der Waals surface area contributed by atoms with Crippen molar-refractivity contribution < 1.29 is 0 Å². The molecule has 0 saturated carbocycles. The van der Waals surface area contributed by atoms with Crippen LogP contribution in [0.15, 0.2) is 12.4 Å². The maximum atomic E-state index is 4.82. The van der Waals surface area contributed by atoms with Gasteiger partial charge in [0.2, 0.25) is 0 Å². The molecule has 0 aliphatic heterocycles. The van der Waals surface area contributed by atoms with Crippen LogP contribution in [0.1, 0.15) is 50.2 Å². The normalized spacial score (nSPS) is 11.2. The fourth-order valence-electron chi connectivity index (χ4n) is 2.69. The van der Waals surface area contributed by atoms with Gasteiger partial charge in [-0.1, -0.05) is 20.8 Å². The van der Waals surface area contributed by atoms with Crippen LogP contribution in [-0.2, 0) is 32.5 Å². The second-order valence-corrected chi connectivity index (χ2v) is 5.22. The fourth-order valence-corrected chi connectivity index (χ4v) is 2.69. The largest absolute Gasteiger partial charge is 0.313 e.